The molecule has 0 bridgehead atoms. The lowest BCUT2D eigenvalue weighted by Gasteiger charge is -2.13. The summed E-state index contributed by atoms with van der Waals surface area (Å²) in [4.78, 5) is 0. The maximum atomic E-state index is 5.91. The molecule has 0 saturated heterocycles. The first-order valence-corrected chi connectivity index (χ1v) is 5.58. The molecule has 0 heterocycles. The van der Waals surface area contributed by atoms with E-state index in [2.05, 4.69) is 25.2 Å². The van der Waals surface area contributed by atoms with Gasteiger partial charge >= 0.3 is 0 Å². The Balaban J connectivity index is 2.43. The van der Waals surface area contributed by atoms with Crippen LogP contribution in [-0.2, 0) is 6.42 Å². The summed E-state index contributed by atoms with van der Waals surface area (Å²) in [7, 11) is 0. The van der Waals surface area contributed by atoms with Gasteiger partial charge in [0.2, 0.25) is 0 Å². The normalized spacial score (nSPS) is 12.8. The predicted octanol–water partition coefficient (Wildman–Crippen LogP) is 3.27. The van der Waals surface area contributed by atoms with Crippen molar-refractivity contribution in [3.8, 4) is 0 Å². The molecule has 0 radical (unpaired) electrons. The molecule has 0 aliphatic rings. The summed E-state index contributed by atoms with van der Waals surface area (Å²) in [6, 6.07) is 8.59. The van der Waals surface area contributed by atoms with E-state index >= 15 is 0 Å². The molecule has 1 unspecified atom stereocenters. The highest BCUT2D eigenvalue weighted by Crippen LogP contribution is 2.12. The lowest BCUT2D eigenvalue weighted by molar-refractivity contribution is 0.543. The van der Waals surface area contributed by atoms with Gasteiger partial charge in [-0.3, -0.25) is 0 Å². The highest BCUT2D eigenvalue weighted by Gasteiger charge is 2.02. The SMILES string of the molecule is CCCNC(C)Cc1cccc(Cl)c1. The molecule has 1 nitrogen and oxygen atoms in total. The van der Waals surface area contributed by atoms with E-state index in [1.54, 1.807) is 0 Å². The summed E-state index contributed by atoms with van der Waals surface area (Å²) in [6.45, 7) is 5.47. The van der Waals surface area contributed by atoms with E-state index in [9.17, 15) is 0 Å². The molecule has 0 aliphatic heterocycles. The fourth-order valence-corrected chi connectivity index (χ4v) is 1.69. The van der Waals surface area contributed by atoms with E-state index in [-0.39, 0.29) is 0 Å². The largest absolute Gasteiger partial charge is 0.314 e. The zero-order valence-electron chi connectivity index (χ0n) is 8.89. The Kier molecular flexibility index (Phi) is 4.99. The van der Waals surface area contributed by atoms with Crippen molar-refractivity contribution in [3.05, 3.63) is 34.9 Å². The fraction of sp³-hybridized carbons (Fsp3) is 0.500. The molecule has 0 aliphatic carbocycles. The lowest BCUT2D eigenvalue weighted by atomic mass is 10.1. The zero-order valence-corrected chi connectivity index (χ0v) is 9.64. The quantitative estimate of drug-likeness (QED) is 0.789. The van der Waals surface area contributed by atoms with Gasteiger partial charge in [0, 0.05) is 11.1 Å². The van der Waals surface area contributed by atoms with Crippen molar-refractivity contribution in [1.29, 1.82) is 0 Å². The van der Waals surface area contributed by atoms with Crippen LogP contribution in [0.5, 0.6) is 0 Å². The predicted molar refractivity (Wildman–Crippen MR) is 62.9 cm³/mol. The van der Waals surface area contributed by atoms with Crippen LogP contribution in [0.15, 0.2) is 24.3 Å². The molecule has 0 saturated carbocycles. The van der Waals surface area contributed by atoms with Gasteiger partial charge in [0.15, 0.2) is 0 Å². The van der Waals surface area contributed by atoms with Gasteiger partial charge in [-0.05, 0) is 44.0 Å². The van der Waals surface area contributed by atoms with Crippen molar-refractivity contribution in [2.45, 2.75) is 32.7 Å². The molecule has 1 aromatic rings. The summed E-state index contributed by atoms with van der Waals surface area (Å²) >= 11 is 5.91. The summed E-state index contributed by atoms with van der Waals surface area (Å²) < 4.78 is 0. The number of hydrogen-bond donors (Lipinski definition) is 1. The number of nitrogens with one attached hydrogen (secondary N) is 1. The number of halogens is 1. The number of hydrogen-bond acceptors (Lipinski definition) is 1. The first kappa shape index (κ1) is 11.5. The molecule has 78 valence electrons. The van der Waals surface area contributed by atoms with Crippen molar-refractivity contribution in [1.82, 2.24) is 5.32 Å². The van der Waals surface area contributed by atoms with Gasteiger partial charge in [-0.1, -0.05) is 30.7 Å². The van der Waals surface area contributed by atoms with Gasteiger partial charge in [0.1, 0.15) is 0 Å². The van der Waals surface area contributed by atoms with Gasteiger partial charge in [-0.2, -0.15) is 0 Å². The van der Waals surface area contributed by atoms with Crippen molar-refractivity contribution in [2.75, 3.05) is 6.54 Å². The van der Waals surface area contributed by atoms with Crippen LogP contribution in [0.2, 0.25) is 5.02 Å². The zero-order chi connectivity index (χ0) is 10.4. The molecule has 1 atom stereocenters. The topological polar surface area (TPSA) is 12.0 Å². The van der Waals surface area contributed by atoms with Crippen LogP contribution >= 0.6 is 11.6 Å². The number of benzene rings is 1. The van der Waals surface area contributed by atoms with Crippen molar-refractivity contribution >= 4 is 11.6 Å². The van der Waals surface area contributed by atoms with E-state index < -0.39 is 0 Å². The summed E-state index contributed by atoms with van der Waals surface area (Å²) in [5.41, 5.74) is 1.30. The summed E-state index contributed by atoms with van der Waals surface area (Å²) in [5.74, 6) is 0. The van der Waals surface area contributed by atoms with Gasteiger partial charge in [0.25, 0.3) is 0 Å². The van der Waals surface area contributed by atoms with Crippen molar-refractivity contribution in [3.63, 3.8) is 0 Å². The van der Waals surface area contributed by atoms with Gasteiger partial charge in [-0.25, -0.2) is 0 Å². The fourth-order valence-electron chi connectivity index (χ4n) is 1.48. The Labute approximate surface area is 91.5 Å². The minimum Gasteiger partial charge on any atom is -0.314 e. The lowest BCUT2D eigenvalue weighted by Crippen LogP contribution is -2.28. The average molecular weight is 212 g/mol. The standard InChI is InChI=1S/C12H18ClN/c1-3-7-14-10(2)8-11-5-4-6-12(13)9-11/h4-6,9-10,14H,3,7-8H2,1-2H3. The maximum absolute atomic E-state index is 5.91. The molecule has 0 amide bonds. The molecular formula is C12H18ClN. The molecule has 14 heavy (non-hydrogen) atoms. The van der Waals surface area contributed by atoms with E-state index in [0.717, 1.165) is 18.0 Å². The molecule has 0 spiro atoms. The van der Waals surface area contributed by atoms with Crippen LogP contribution < -0.4 is 5.32 Å². The van der Waals surface area contributed by atoms with Crippen LogP contribution in [-0.4, -0.2) is 12.6 Å². The van der Waals surface area contributed by atoms with Crippen LogP contribution in [0, 0.1) is 0 Å². The second-order valence-corrected chi connectivity index (χ2v) is 4.13. The Morgan fingerprint density at radius 3 is 2.86 bits per heavy atom. The van der Waals surface area contributed by atoms with E-state index in [4.69, 9.17) is 11.6 Å². The summed E-state index contributed by atoms with van der Waals surface area (Å²) in [5, 5.41) is 4.28. The molecule has 1 rings (SSSR count). The first-order valence-electron chi connectivity index (χ1n) is 5.20. The molecule has 0 fully saturated rings. The third-order valence-electron chi connectivity index (χ3n) is 2.17. The van der Waals surface area contributed by atoms with Gasteiger partial charge in [0.05, 0.1) is 0 Å². The van der Waals surface area contributed by atoms with Crippen LogP contribution in [0.3, 0.4) is 0 Å². The third-order valence-corrected chi connectivity index (χ3v) is 2.41. The molecular weight excluding hydrogens is 194 g/mol. The molecule has 1 N–H and O–H groups in total. The van der Waals surface area contributed by atoms with Crippen LogP contribution in [0.1, 0.15) is 25.8 Å². The molecule has 0 aromatic heterocycles. The molecule has 2 heteroatoms. The van der Waals surface area contributed by atoms with Crippen molar-refractivity contribution < 1.29 is 0 Å². The van der Waals surface area contributed by atoms with Gasteiger partial charge in [-0.15, -0.1) is 0 Å². The van der Waals surface area contributed by atoms with Gasteiger partial charge < -0.3 is 5.32 Å². The Bertz CT molecular complexity index is 273. The summed E-state index contributed by atoms with van der Waals surface area (Å²) in [6.07, 6.45) is 2.22. The first-order chi connectivity index (χ1) is 6.72. The third kappa shape index (κ3) is 4.12. The molecule has 1 aromatic carbocycles. The highest BCUT2D eigenvalue weighted by atomic mass is 35.5. The Hall–Kier alpha value is -0.530. The minimum absolute atomic E-state index is 0.522. The second kappa shape index (κ2) is 6.05. The second-order valence-electron chi connectivity index (χ2n) is 3.69. The minimum atomic E-state index is 0.522. The van der Waals surface area contributed by atoms with Crippen LogP contribution in [0.4, 0.5) is 0 Å². The smallest absolute Gasteiger partial charge is 0.0408 e. The van der Waals surface area contributed by atoms with Crippen molar-refractivity contribution in [2.24, 2.45) is 0 Å². The Morgan fingerprint density at radius 2 is 2.21 bits per heavy atom. The average Bonchev–Trinajstić information content (AvgIpc) is 2.15. The Morgan fingerprint density at radius 1 is 1.43 bits per heavy atom. The van der Waals surface area contributed by atoms with E-state index in [0.29, 0.717) is 6.04 Å². The van der Waals surface area contributed by atoms with E-state index in [1.165, 1.54) is 12.0 Å². The maximum Gasteiger partial charge on any atom is 0.0408 e. The van der Waals surface area contributed by atoms with Crippen LogP contribution in [0.25, 0.3) is 0 Å². The van der Waals surface area contributed by atoms with E-state index in [1.807, 2.05) is 18.2 Å². The highest BCUT2D eigenvalue weighted by molar-refractivity contribution is 6.30. The monoisotopic (exact) mass is 211 g/mol. The number of rotatable bonds is 5.